The zero-order chi connectivity index (χ0) is 16.1. The summed E-state index contributed by atoms with van der Waals surface area (Å²) in [6.45, 7) is 2.50. The first-order valence-corrected chi connectivity index (χ1v) is 8.13. The lowest BCUT2D eigenvalue weighted by molar-refractivity contribution is 0.702. The van der Waals surface area contributed by atoms with Crippen LogP contribution in [0.3, 0.4) is 0 Å². The van der Waals surface area contributed by atoms with Crippen molar-refractivity contribution in [3.8, 4) is 11.1 Å². The second-order valence-corrected chi connectivity index (χ2v) is 5.86. The number of fused-ring (bicyclic) bond motifs is 1. The molecular formula is C17H23N5O. The first-order valence-electron chi connectivity index (χ1n) is 8.13. The van der Waals surface area contributed by atoms with Crippen LogP contribution in [0.2, 0.25) is 0 Å². The van der Waals surface area contributed by atoms with Gasteiger partial charge in [0.25, 0.3) is 5.56 Å². The van der Waals surface area contributed by atoms with Gasteiger partial charge < -0.3 is 10.3 Å². The molecule has 3 aromatic heterocycles. The molecule has 23 heavy (non-hydrogen) atoms. The number of nitrogens with zero attached hydrogens (tertiary/aromatic N) is 3. The summed E-state index contributed by atoms with van der Waals surface area (Å²) in [4.78, 5) is 14.8. The second-order valence-electron chi connectivity index (χ2n) is 5.86. The molecule has 0 spiro atoms. The highest BCUT2D eigenvalue weighted by molar-refractivity contribution is 5.65. The number of aryl methyl sites for hydroxylation is 1. The highest BCUT2D eigenvalue weighted by atomic mass is 16.1. The molecule has 122 valence electrons. The third-order valence-electron chi connectivity index (χ3n) is 4.02. The molecular weight excluding hydrogens is 290 g/mol. The van der Waals surface area contributed by atoms with E-state index in [2.05, 4.69) is 15.4 Å². The Hall–Kier alpha value is -2.34. The molecule has 0 amide bonds. The van der Waals surface area contributed by atoms with Crippen LogP contribution >= 0.6 is 0 Å². The number of hydrogen-bond acceptors (Lipinski definition) is 3. The van der Waals surface area contributed by atoms with E-state index in [4.69, 9.17) is 0 Å². The highest BCUT2D eigenvalue weighted by Gasteiger charge is 2.04. The van der Waals surface area contributed by atoms with E-state index in [-0.39, 0.29) is 5.56 Å². The molecule has 6 nitrogen and oxygen atoms in total. The molecule has 1 saturated heterocycles. The monoisotopic (exact) mass is 313 g/mol. The second kappa shape index (κ2) is 7.28. The van der Waals surface area contributed by atoms with Gasteiger partial charge in [0.1, 0.15) is 5.65 Å². The van der Waals surface area contributed by atoms with Crippen LogP contribution in [-0.2, 0) is 7.05 Å². The van der Waals surface area contributed by atoms with Gasteiger partial charge in [-0.2, -0.15) is 5.10 Å². The van der Waals surface area contributed by atoms with E-state index in [0.29, 0.717) is 0 Å². The fourth-order valence-electron chi connectivity index (χ4n) is 2.76. The maximum Gasteiger partial charge on any atom is 0.256 e. The number of aromatic nitrogens is 4. The minimum atomic E-state index is -0.0439. The van der Waals surface area contributed by atoms with Crippen molar-refractivity contribution < 1.29 is 0 Å². The number of nitrogens with one attached hydrogen (secondary N) is 2. The zero-order valence-electron chi connectivity index (χ0n) is 13.5. The number of imidazole rings is 1. The van der Waals surface area contributed by atoms with Crippen molar-refractivity contribution in [3.63, 3.8) is 0 Å². The molecule has 0 radical (unpaired) electrons. The fraction of sp³-hybridized carbons (Fsp3) is 0.412. The standard InChI is InChI=1S/C11H10N4O.C6H13N/c1-14-7-9(6-13-14)8-4-10-12-2-3-15(10)11(16)5-8;1-2-4-6-7-5-3-1/h2-7,12H,1H3;7H,1-6H2. The summed E-state index contributed by atoms with van der Waals surface area (Å²) in [7, 11) is 1.85. The molecule has 2 N–H and O–H groups in total. The van der Waals surface area contributed by atoms with Gasteiger partial charge in [0.15, 0.2) is 0 Å². The third-order valence-corrected chi connectivity index (χ3v) is 4.02. The normalized spacial score (nSPS) is 15.0. The van der Waals surface area contributed by atoms with Crippen LogP contribution in [0.5, 0.6) is 0 Å². The Kier molecular flexibility index (Phi) is 4.92. The van der Waals surface area contributed by atoms with Crippen molar-refractivity contribution in [2.24, 2.45) is 7.05 Å². The van der Waals surface area contributed by atoms with Crippen molar-refractivity contribution in [2.45, 2.75) is 25.7 Å². The SMILES string of the molecule is C1CCCNCC1.Cn1cc(-c2cc(=O)n3cc[nH]c3c2)cn1. The van der Waals surface area contributed by atoms with Gasteiger partial charge >= 0.3 is 0 Å². The summed E-state index contributed by atoms with van der Waals surface area (Å²) in [6, 6.07) is 3.54. The van der Waals surface area contributed by atoms with Crippen molar-refractivity contribution in [1.82, 2.24) is 24.5 Å². The molecule has 4 rings (SSSR count). The van der Waals surface area contributed by atoms with Crippen LogP contribution in [0.1, 0.15) is 25.7 Å². The Morgan fingerprint density at radius 2 is 1.87 bits per heavy atom. The lowest BCUT2D eigenvalue weighted by atomic mass is 10.1. The number of aromatic amines is 1. The van der Waals surface area contributed by atoms with E-state index in [1.54, 1.807) is 33.7 Å². The fourth-order valence-corrected chi connectivity index (χ4v) is 2.76. The summed E-state index contributed by atoms with van der Waals surface area (Å²) < 4.78 is 3.28. The van der Waals surface area contributed by atoms with Gasteiger partial charge in [0.2, 0.25) is 0 Å². The molecule has 3 aromatic rings. The predicted molar refractivity (Wildman–Crippen MR) is 91.6 cm³/mol. The molecule has 1 aliphatic heterocycles. The van der Waals surface area contributed by atoms with Gasteiger partial charge in [-0.05, 0) is 37.6 Å². The smallest absolute Gasteiger partial charge is 0.256 e. The minimum absolute atomic E-state index is 0.0439. The summed E-state index contributed by atoms with van der Waals surface area (Å²) >= 11 is 0. The van der Waals surface area contributed by atoms with Crippen LogP contribution in [0.15, 0.2) is 41.7 Å². The van der Waals surface area contributed by atoms with Gasteiger partial charge in [-0.1, -0.05) is 12.8 Å². The Labute approximate surface area is 135 Å². The van der Waals surface area contributed by atoms with Crippen molar-refractivity contribution in [3.05, 3.63) is 47.3 Å². The summed E-state index contributed by atoms with van der Waals surface area (Å²) in [5.41, 5.74) is 2.56. The van der Waals surface area contributed by atoms with Crippen LogP contribution in [-0.4, -0.2) is 32.3 Å². The van der Waals surface area contributed by atoms with Gasteiger partial charge in [-0.15, -0.1) is 0 Å². The number of H-pyrrole nitrogens is 1. The van der Waals surface area contributed by atoms with E-state index >= 15 is 0 Å². The topological polar surface area (TPSA) is 67.1 Å². The van der Waals surface area contributed by atoms with Gasteiger partial charge in [0.05, 0.1) is 6.20 Å². The number of pyridine rings is 1. The predicted octanol–water partition coefficient (Wildman–Crippen LogP) is 2.18. The average molecular weight is 313 g/mol. The Bertz CT molecular complexity index is 794. The summed E-state index contributed by atoms with van der Waals surface area (Å²) in [5, 5.41) is 7.44. The Morgan fingerprint density at radius 3 is 2.57 bits per heavy atom. The quantitative estimate of drug-likeness (QED) is 0.723. The summed E-state index contributed by atoms with van der Waals surface area (Å²) in [5.74, 6) is 0. The molecule has 6 heteroatoms. The number of rotatable bonds is 1. The van der Waals surface area contributed by atoms with E-state index < -0.39 is 0 Å². The molecule has 0 aliphatic carbocycles. The van der Waals surface area contributed by atoms with E-state index in [1.165, 1.54) is 38.8 Å². The molecule has 0 bridgehead atoms. The van der Waals surface area contributed by atoms with Gasteiger partial charge in [0, 0.05) is 37.3 Å². The van der Waals surface area contributed by atoms with Gasteiger partial charge in [-0.25, -0.2) is 0 Å². The molecule has 1 fully saturated rings. The average Bonchev–Trinajstić information content (AvgIpc) is 3.08. The van der Waals surface area contributed by atoms with Crippen molar-refractivity contribution in [2.75, 3.05) is 13.1 Å². The van der Waals surface area contributed by atoms with Crippen LogP contribution in [0, 0.1) is 0 Å². The first kappa shape index (κ1) is 15.6. The molecule has 1 aliphatic rings. The summed E-state index contributed by atoms with van der Waals surface area (Å²) in [6.07, 6.45) is 12.7. The highest BCUT2D eigenvalue weighted by Crippen LogP contribution is 2.17. The van der Waals surface area contributed by atoms with Crippen LogP contribution in [0.25, 0.3) is 16.8 Å². The largest absolute Gasteiger partial charge is 0.346 e. The van der Waals surface area contributed by atoms with Gasteiger partial charge in [-0.3, -0.25) is 13.9 Å². The van der Waals surface area contributed by atoms with E-state index in [0.717, 1.165) is 16.8 Å². The number of hydrogen-bond donors (Lipinski definition) is 2. The molecule has 0 saturated carbocycles. The van der Waals surface area contributed by atoms with Crippen LogP contribution in [0.4, 0.5) is 0 Å². The van der Waals surface area contributed by atoms with Crippen molar-refractivity contribution in [1.29, 1.82) is 0 Å². The van der Waals surface area contributed by atoms with E-state index in [9.17, 15) is 4.79 Å². The third kappa shape index (κ3) is 3.90. The molecule has 0 atom stereocenters. The molecule has 0 aromatic carbocycles. The maximum atomic E-state index is 11.8. The Balaban J connectivity index is 0.000000188. The first-order chi connectivity index (χ1) is 11.2. The van der Waals surface area contributed by atoms with Crippen LogP contribution < -0.4 is 10.9 Å². The van der Waals surface area contributed by atoms with E-state index in [1.807, 2.05) is 19.3 Å². The lowest BCUT2D eigenvalue weighted by Gasteiger charge is -1.97. The Morgan fingerprint density at radius 1 is 1.09 bits per heavy atom. The molecule has 4 heterocycles. The minimum Gasteiger partial charge on any atom is -0.346 e. The molecule has 0 unspecified atom stereocenters. The lowest BCUT2D eigenvalue weighted by Crippen LogP contribution is -2.12. The zero-order valence-corrected chi connectivity index (χ0v) is 13.5. The maximum absolute atomic E-state index is 11.8. The van der Waals surface area contributed by atoms with Crippen molar-refractivity contribution >= 4 is 5.65 Å².